The fraction of sp³-hybridized carbons (Fsp3) is 0.389. The van der Waals surface area contributed by atoms with Crippen molar-refractivity contribution in [3.05, 3.63) is 29.3 Å². The van der Waals surface area contributed by atoms with Crippen LogP contribution in [0.15, 0.2) is 18.2 Å². The molecule has 0 amide bonds. The van der Waals surface area contributed by atoms with Crippen LogP contribution in [0.2, 0.25) is 0 Å². The molecule has 2 aromatic heterocycles. The van der Waals surface area contributed by atoms with E-state index in [0.29, 0.717) is 36.6 Å². The second kappa shape index (κ2) is 8.09. The van der Waals surface area contributed by atoms with E-state index in [-0.39, 0.29) is 17.8 Å². The monoisotopic (exact) mass is 372 g/mol. The smallest absolute Gasteiger partial charge is 0.320 e. The van der Waals surface area contributed by atoms with Crippen LogP contribution in [0.3, 0.4) is 0 Å². The van der Waals surface area contributed by atoms with Crippen molar-refractivity contribution in [2.24, 2.45) is 5.73 Å². The van der Waals surface area contributed by atoms with E-state index in [0.717, 1.165) is 24.0 Å². The van der Waals surface area contributed by atoms with E-state index in [1.807, 2.05) is 18.2 Å². The van der Waals surface area contributed by atoms with Gasteiger partial charge in [-0.05, 0) is 18.1 Å². The molecule has 0 aliphatic carbocycles. The maximum atomic E-state index is 10.3. The number of nitrogens with zero attached hydrogens (tertiary/aromatic N) is 4. The van der Waals surface area contributed by atoms with Gasteiger partial charge in [-0.15, -0.1) is 0 Å². The van der Waals surface area contributed by atoms with Gasteiger partial charge in [-0.3, -0.25) is 4.57 Å². The summed E-state index contributed by atoms with van der Waals surface area (Å²) in [7, 11) is 1.59. The highest BCUT2D eigenvalue weighted by Crippen LogP contribution is 2.28. The Hall–Kier alpha value is -3.07. The van der Waals surface area contributed by atoms with E-state index in [1.54, 1.807) is 11.7 Å². The van der Waals surface area contributed by atoms with Crippen LogP contribution >= 0.6 is 0 Å². The van der Waals surface area contributed by atoms with Crippen LogP contribution in [0.4, 0.5) is 5.82 Å². The highest BCUT2D eigenvalue weighted by molar-refractivity contribution is 5.83. The minimum atomic E-state index is -0.207. The Morgan fingerprint density at radius 2 is 2.04 bits per heavy atom. The Balaban J connectivity index is 2.00. The largest absolute Gasteiger partial charge is 0.496 e. The molecule has 0 atom stereocenters. The molecule has 3 aromatic rings. The van der Waals surface area contributed by atoms with Gasteiger partial charge in [0.15, 0.2) is 17.0 Å². The number of fused-ring (bicyclic) bond motifs is 1. The van der Waals surface area contributed by atoms with E-state index >= 15 is 0 Å². The zero-order chi connectivity index (χ0) is 19.4. The second-order valence-corrected chi connectivity index (χ2v) is 6.11. The number of aromatic hydroxyl groups is 1. The van der Waals surface area contributed by atoms with Crippen molar-refractivity contribution < 1.29 is 14.6 Å². The molecule has 144 valence electrons. The lowest BCUT2D eigenvalue weighted by atomic mass is 10.1. The van der Waals surface area contributed by atoms with Crippen LogP contribution in [-0.2, 0) is 13.1 Å². The molecule has 1 aromatic carbocycles. The predicted molar refractivity (Wildman–Crippen MR) is 102 cm³/mol. The molecule has 0 aliphatic rings. The number of anilines is 1. The van der Waals surface area contributed by atoms with Crippen LogP contribution in [0.25, 0.3) is 11.2 Å². The summed E-state index contributed by atoms with van der Waals surface area (Å²) in [5, 5.41) is 10.3. The quantitative estimate of drug-likeness (QED) is 0.510. The molecular weight excluding hydrogens is 348 g/mol. The average molecular weight is 372 g/mol. The van der Waals surface area contributed by atoms with Crippen molar-refractivity contribution >= 4 is 17.0 Å². The molecule has 0 bridgehead atoms. The fourth-order valence-electron chi connectivity index (χ4n) is 2.72. The number of methoxy groups -OCH3 is 1. The molecule has 0 radical (unpaired) electrons. The number of nitrogens with two attached hydrogens (primary N) is 2. The molecule has 0 aliphatic heterocycles. The van der Waals surface area contributed by atoms with Gasteiger partial charge in [0, 0.05) is 12.1 Å². The third kappa shape index (κ3) is 3.87. The first-order valence-corrected chi connectivity index (χ1v) is 8.78. The lowest BCUT2D eigenvalue weighted by molar-refractivity contribution is 0.286. The molecule has 5 N–H and O–H groups in total. The lowest BCUT2D eigenvalue weighted by Crippen LogP contribution is -2.07. The Kier molecular flexibility index (Phi) is 5.60. The number of benzene rings is 1. The van der Waals surface area contributed by atoms with Crippen LogP contribution in [0.5, 0.6) is 17.8 Å². The third-order valence-corrected chi connectivity index (χ3v) is 4.23. The minimum absolute atomic E-state index is 0.158. The molecule has 9 nitrogen and oxygen atoms in total. The predicted octanol–water partition coefficient (Wildman–Crippen LogP) is 1.81. The number of ether oxygens (including phenoxy) is 2. The molecule has 0 unspecified atom stereocenters. The Morgan fingerprint density at radius 3 is 2.74 bits per heavy atom. The van der Waals surface area contributed by atoms with Gasteiger partial charge in [-0.1, -0.05) is 25.5 Å². The summed E-state index contributed by atoms with van der Waals surface area (Å²) in [5.41, 5.74) is 14.2. The topological polar surface area (TPSA) is 134 Å². The normalized spacial score (nSPS) is 11.1. The highest BCUT2D eigenvalue weighted by Gasteiger charge is 2.18. The first-order valence-electron chi connectivity index (χ1n) is 8.78. The molecule has 2 heterocycles. The zero-order valence-corrected chi connectivity index (χ0v) is 15.5. The lowest BCUT2D eigenvalue weighted by Gasteiger charge is -2.12. The molecular formula is C18H24N6O3. The second-order valence-electron chi connectivity index (χ2n) is 6.11. The van der Waals surface area contributed by atoms with Gasteiger partial charge in [-0.25, -0.2) is 0 Å². The van der Waals surface area contributed by atoms with Gasteiger partial charge in [0.05, 0.1) is 20.3 Å². The molecule has 0 saturated heterocycles. The minimum Gasteiger partial charge on any atom is -0.496 e. The Bertz CT molecular complexity index is 940. The number of nitrogen functional groups attached to an aromatic ring is 1. The van der Waals surface area contributed by atoms with Crippen LogP contribution < -0.4 is 20.9 Å². The summed E-state index contributed by atoms with van der Waals surface area (Å²) in [6.45, 7) is 3.27. The molecule has 0 fully saturated rings. The number of hydrogen-bond acceptors (Lipinski definition) is 8. The van der Waals surface area contributed by atoms with Gasteiger partial charge in [0.2, 0.25) is 0 Å². The summed E-state index contributed by atoms with van der Waals surface area (Å²) in [5.74, 6) is 0.826. The van der Waals surface area contributed by atoms with Gasteiger partial charge in [0.1, 0.15) is 5.75 Å². The highest BCUT2D eigenvalue weighted by atomic mass is 16.5. The molecule has 27 heavy (non-hydrogen) atoms. The maximum Gasteiger partial charge on any atom is 0.320 e. The summed E-state index contributed by atoms with van der Waals surface area (Å²) in [6, 6.07) is 5.64. The number of aromatic nitrogens is 4. The number of imidazole rings is 1. The van der Waals surface area contributed by atoms with E-state index in [4.69, 9.17) is 20.9 Å². The first-order chi connectivity index (χ1) is 13.1. The summed E-state index contributed by atoms with van der Waals surface area (Å²) >= 11 is 0. The molecule has 0 saturated carbocycles. The fourth-order valence-corrected chi connectivity index (χ4v) is 2.72. The Morgan fingerprint density at radius 1 is 1.22 bits per heavy atom. The molecule has 9 heteroatoms. The van der Waals surface area contributed by atoms with Crippen molar-refractivity contribution in [3.8, 4) is 17.8 Å². The van der Waals surface area contributed by atoms with E-state index in [1.165, 1.54) is 0 Å². The van der Waals surface area contributed by atoms with E-state index in [9.17, 15) is 5.11 Å². The van der Waals surface area contributed by atoms with Gasteiger partial charge in [0.25, 0.3) is 6.01 Å². The van der Waals surface area contributed by atoms with Crippen LogP contribution in [-0.4, -0.2) is 38.3 Å². The maximum absolute atomic E-state index is 10.3. The number of unbranched alkanes of at least 4 members (excludes halogenated alkanes) is 1. The van der Waals surface area contributed by atoms with Crippen molar-refractivity contribution in [3.63, 3.8) is 0 Å². The standard InChI is InChI=1S/C18H24N6O3/c1-3-4-7-27-17-22-15(20)14-16(23-17)24(18(25)21-14)10-12-6-5-11(9-19)8-13(12)26-2/h5-6,8H,3-4,7,9-10,19H2,1-2H3,(H,21,25)(H2,20,22,23). The summed E-state index contributed by atoms with van der Waals surface area (Å²) in [6.07, 6.45) is 1.88. The average Bonchev–Trinajstić information content (AvgIpc) is 2.98. The zero-order valence-electron chi connectivity index (χ0n) is 15.5. The number of hydrogen-bond donors (Lipinski definition) is 3. The van der Waals surface area contributed by atoms with Crippen molar-refractivity contribution in [1.29, 1.82) is 0 Å². The van der Waals surface area contributed by atoms with Gasteiger partial charge < -0.3 is 26.0 Å². The molecule has 0 spiro atoms. The SMILES string of the molecule is CCCCOc1nc(N)c2nc(O)n(Cc3ccc(CN)cc3OC)c2n1. The number of rotatable bonds is 8. The molecule has 3 rings (SSSR count). The van der Waals surface area contributed by atoms with Crippen LogP contribution in [0.1, 0.15) is 30.9 Å². The van der Waals surface area contributed by atoms with Gasteiger partial charge >= 0.3 is 6.01 Å². The summed E-state index contributed by atoms with van der Waals surface area (Å²) < 4.78 is 12.6. The van der Waals surface area contributed by atoms with Crippen LogP contribution in [0, 0.1) is 0 Å². The van der Waals surface area contributed by atoms with Crippen molar-refractivity contribution in [1.82, 2.24) is 19.5 Å². The van der Waals surface area contributed by atoms with Crippen molar-refractivity contribution in [2.45, 2.75) is 32.9 Å². The van der Waals surface area contributed by atoms with E-state index < -0.39 is 0 Å². The third-order valence-electron chi connectivity index (χ3n) is 4.23. The van der Waals surface area contributed by atoms with Gasteiger partial charge in [-0.2, -0.15) is 15.0 Å². The first kappa shape index (κ1) is 18.7. The Labute approximate surface area is 157 Å². The summed E-state index contributed by atoms with van der Waals surface area (Å²) in [4.78, 5) is 12.6. The van der Waals surface area contributed by atoms with E-state index in [2.05, 4.69) is 21.9 Å². The van der Waals surface area contributed by atoms with Crippen molar-refractivity contribution in [2.75, 3.05) is 19.5 Å².